The summed E-state index contributed by atoms with van der Waals surface area (Å²) in [5.74, 6) is -0.395. The minimum Gasteiger partial charge on any atom is -0.497 e. The first-order valence-electron chi connectivity index (χ1n) is 8.94. The van der Waals surface area contributed by atoms with E-state index < -0.39 is 24.4 Å². The summed E-state index contributed by atoms with van der Waals surface area (Å²) in [5.41, 5.74) is -2.68. The molecule has 0 radical (unpaired) electrons. The lowest BCUT2D eigenvalue weighted by atomic mass is 10.1. The van der Waals surface area contributed by atoms with Crippen molar-refractivity contribution in [2.45, 2.75) is 25.2 Å². The average Bonchev–Trinajstić information content (AvgIpc) is 2.70. The van der Waals surface area contributed by atoms with E-state index in [-0.39, 0.29) is 38.5 Å². The van der Waals surface area contributed by atoms with Crippen molar-refractivity contribution in [3.63, 3.8) is 0 Å². The van der Waals surface area contributed by atoms with Crippen molar-refractivity contribution in [2.24, 2.45) is 0 Å². The van der Waals surface area contributed by atoms with Crippen molar-refractivity contribution in [3.05, 3.63) is 29.8 Å². The number of halogens is 3. The largest absolute Gasteiger partial charge is 0.497 e. The Kier molecular flexibility index (Phi) is 8.05. The summed E-state index contributed by atoms with van der Waals surface area (Å²) in [5, 5.41) is 2.13. The molecule has 0 aliphatic carbocycles. The highest BCUT2D eigenvalue weighted by atomic mass is 19.4. The second-order valence-corrected chi connectivity index (χ2v) is 6.22. The summed E-state index contributed by atoms with van der Waals surface area (Å²) >= 11 is 0. The van der Waals surface area contributed by atoms with Gasteiger partial charge in [0.2, 0.25) is 5.66 Å². The Morgan fingerprint density at radius 1 is 1.18 bits per heavy atom. The monoisotopic (exact) mass is 406 g/mol. The molecular formula is C18H25F3N2O5. The predicted octanol–water partition coefficient (Wildman–Crippen LogP) is 2.37. The molecule has 1 aromatic carbocycles. The van der Waals surface area contributed by atoms with Crippen molar-refractivity contribution < 1.29 is 37.2 Å². The Hall–Kier alpha value is -1.88. The molecule has 1 saturated heterocycles. The first kappa shape index (κ1) is 22.4. The number of benzene rings is 1. The van der Waals surface area contributed by atoms with Crippen LogP contribution < -0.4 is 10.1 Å². The van der Waals surface area contributed by atoms with Gasteiger partial charge in [-0.25, -0.2) is 9.78 Å². The fourth-order valence-electron chi connectivity index (χ4n) is 2.76. The molecular weight excluding hydrogens is 381 g/mol. The van der Waals surface area contributed by atoms with Gasteiger partial charge in [-0.05, 0) is 30.7 Å². The van der Waals surface area contributed by atoms with Crippen LogP contribution in [0, 0.1) is 0 Å². The number of rotatable bonds is 9. The van der Waals surface area contributed by atoms with Crippen LogP contribution in [0.25, 0.3) is 0 Å². The summed E-state index contributed by atoms with van der Waals surface area (Å²) in [6, 6.07) is 5.78. The van der Waals surface area contributed by atoms with Crippen LogP contribution in [0.15, 0.2) is 24.3 Å². The van der Waals surface area contributed by atoms with Gasteiger partial charge in [-0.15, -0.1) is 0 Å². The zero-order chi connectivity index (χ0) is 20.6. The molecule has 7 nitrogen and oxygen atoms in total. The van der Waals surface area contributed by atoms with Gasteiger partial charge in [-0.3, -0.25) is 9.69 Å². The third kappa shape index (κ3) is 5.34. The molecule has 0 saturated carbocycles. The zero-order valence-corrected chi connectivity index (χ0v) is 15.9. The van der Waals surface area contributed by atoms with Gasteiger partial charge in [-0.2, -0.15) is 13.2 Å². The van der Waals surface area contributed by atoms with Crippen LogP contribution in [0.3, 0.4) is 0 Å². The van der Waals surface area contributed by atoms with Crippen molar-refractivity contribution >= 4 is 5.91 Å². The summed E-state index contributed by atoms with van der Waals surface area (Å²) in [4.78, 5) is 23.4. The highest BCUT2D eigenvalue weighted by molar-refractivity contribution is 5.94. The van der Waals surface area contributed by atoms with E-state index in [1.54, 1.807) is 6.92 Å². The highest BCUT2D eigenvalue weighted by Gasteiger charge is 2.60. The van der Waals surface area contributed by atoms with E-state index in [2.05, 4.69) is 5.32 Å². The first-order chi connectivity index (χ1) is 13.3. The van der Waals surface area contributed by atoms with Gasteiger partial charge >= 0.3 is 6.18 Å². The molecule has 1 fully saturated rings. The normalized spacial score (nSPS) is 17.8. The van der Waals surface area contributed by atoms with Crippen LogP contribution in [0.1, 0.15) is 23.7 Å². The summed E-state index contributed by atoms with van der Waals surface area (Å²) in [7, 11) is 1.45. The Morgan fingerprint density at radius 3 is 2.36 bits per heavy atom. The second kappa shape index (κ2) is 10.1. The molecule has 0 bridgehead atoms. The van der Waals surface area contributed by atoms with Crippen LogP contribution in [0.2, 0.25) is 0 Å². The Morgan fingerprint density at radius 2 is 1.82 bits per heavy atom. The van der Waals surface area contributed by atoms with Crippen LogP contribution >= 0.6 is 0 Å². The summed E-state index contributed by atoms with van der Waals surface area (Å²) in [6.07, 6.45) is -4.24. The highest BCUT2D eigenvalue weighted by Crippen LogP contribution is 2.35. The second-order valence-electron chi connectivity index (χ2n) is 6.22. The number of hydrogen-bond acceptors (Lipinski definition) is 6. The molecule has 1 unspecified atom stereocenters. The molecule has 28 heavy (non-hydrogen) atoms. The third-order valence-electron chi connectivity index (χ3n) is 4.33. The number of ether oxygens (including phenoxy) is 2. The molecule has 1 atom stereocenters. The molecule has 2 rings (SSSR count). The molecule has 1 aromatic rings. The number of nitrogens with zero attached hydrogens (tertiary/aromatic N) is 1. The maximum absolute atomic E-state index is 14.2. The minimum absolute atomic E-state index is 0.0143. The molecule has 10 heteroatoms. The van der Waals surface area contributed by atoms with Crippen LogP contribution in [0.5, 0.6) is 5.75 Å². The fourth-order valence-corrected chi connectivity index (χ4v) is 2.76. The lowest BCUT2D eigenvalue weighted by molar-refractivity contribution is -0.347. The van der Waals surface area contributed by atoms with Gasteiger partial charge < -0.3 is 14.8 Å². The minimum atomic E-state index is -4.82. The number of hydrogen-bond donors (Lipinski definition) is 1. The number of methoxy groups -OCH3 is 1. The zero-order valence-electron chi connectivity index (χ0n) is 15.9. The van der Waals surface area contributed by atoms with E-state index in [0.29, 0.717) is 12.2 Å². The standard InChI is InChI=1S/C18H25F3N2O5/c1-3-10-27-28-13-17(18(19,20)21,23-8-11-26-12-9-23)22-16(24)14-4-6-15(25-2)7-5-14/h4-7H,3,8-13H2,1-2H3,(H,22,24). The van der Waals surface area contributed by atoms with E-state index >= 15 is 0 Å². The Balaban J connectivity index is 2.29. The first-order valence-corrected chi connectivity index (χ1v) is 8.94. The van der Waals surface area contributed by atoms with Crippen LogP contribution in [-0.4, -0.2) is 69.3 Å². The predicted molar refractivity (Wildman–Crippen MR) is 93.8 cm³/mol. The van der Waals surface area contributed by atoms with Crippen molar-refractivity contribution in [1.29, 1.82) is 0 Å². The number of nitrogens with one attached hydrogen (secondary N) is 1. The quantitative estimate of drug-likeness (QED) is 0.386. The molecule has 1 amide bonds. The summed E-state index contributed by atoms with van der Waals surface area (Å²) in [6.45, 7) is 1.24. The average molecular weight is 406 g/mol. The number of morpholine rings is 1. The van der Waals surface area contributed by atoms with Gasteiger partial charge in [0.15, 0.2) is 0 Å². The van der Waals surface area contributed by atoms with E-state index in [0.717, 1.165) is 4.90 Å². The molecule has 1 aliphatic heterocycles. The topological polar surface area (TPSA) is 69.3 Å². The molecule has 0 aromatic heterocycles. The SMILES string of the molecule is CCCOOCC(NC(=O)c1ccc(OC)cc1)(N1CCOCC1)C(F)(F)F. The molecule has 1 N–H and O–H groups in total. The van der Waals surface area contributed by atoms with Gasteiger partial charge in [0.1, 0.15) is 12.4 Å². The Labute approximate surface area is 161 Å². The molecule has 1 aliphatic rings. The van der Waals surface area contributed by atoms with Crippen molar-refractivity contribution in [3.8, 4) is 5.75 Å². The third-order valence-corrected chi connectivity index (χ3v) is 4.33. The van der Waals surface area contributed by atoms with Gasteiger partial charge in [0.25, 0.3) is 5.91 Å². The lowest BCUT2D eigenvalue weighted by Gasteiger charge is -2.45. The molecule has 158 valence electrons. The van der Waals surface area contributed by atoms with Crippen molar-refractivity contribution in [2.75, 3.05) is 46.6 Å². The molecule has 0 spiro atoms. The number of carbonyl (C=O) groups excluding carboxylic acids is 1. The Bertz CT molecular complexity index is 621. The van der Waals surface area contributed by atoms with E-state index in [1.807, 2.05) is 0 Å². The molecule has 1 heterocycles. The maximum atomic E-state index is 14.2. The van der Waals surface area contributed by atoms with E-state index in [1.165, 1.54) is 31.4 Å². The smallest absolute Gasteiger partial charge is 0.427 e. The number of alkyl halides is 3. The maximum Gasteiger partial charge on any atom is 0.427 e. The fraction of sp³-hybridized carbons (Fsp3) is 0.611. The van der Waals surface area contributed by atoms with Gasteiger partial charge in [0.05, 0.1) is 26.9 Å². The van der Waals surface area contributed by atoms with Crippen LogP contribution in [-0.2, 0) is 14.5 Å². The van der Waals surface area contributed by atoms with E-state index in [9.17, 15) is 18.0 Å². The number of carbonyl (C=O) groups is 1. The van der Waals surface area contributed by atoms with Gasteiger partial charge in [0, 0.05) is 18.7 Å². The lowest BCUT2D eigenvalue weighted by Crippen LogP contribution is -2.72. The van der Waals surface area contributed by atoms with Gasteiger partial charge in [-0.1, -0.05) is 6.92 Å². The van der Waals surface area contributed by atoms with Crippen LogP contribution in [0.4, 0.5) is 13.2 Å². The number of amides is 1. The van der Waals surface area contributed by atoms with Crippen molar-refractivity contribution in [1.82, 2.24) is 10.2 Å². The summed E-state index contributed by atoms with van der Waals surface area (Å²) < 4.78 is 52.8. The van der Waals surface area contributed by atoms with E-state index in [4.69, 9.17) is 19.2 Å².